The van der Waals surface area contributed by atoms with E-state index in [4.69, 9.17) is 4.74 Å². The molecular weight excluding hydrogens is 276 g/mol. The van der Waals surface area contributed by atoms with Gasteiger partial charge in [0.2, 0.25) is 0 Å². The summed E-state index contributed by atoms with van der Waals surface area (Å²) >= 11 is 0. The van der Waals surface area contributed by atoms with Crippen LogP contribution in [0.25, 0.3) is 0 Å². The monoisotopic (exact) mass is 299 g/mol. The lowest BCUT2D eigenvalue weighted by Gasteiger charge is -2.34. The van der Waals surface area contributed by atoms with E-state index in [2.05, 4.69) is 0 Å². The maximum absolute atomic E-state index is 13.3. The quantitative estimate of drug-likeness (QED) is 0.705. The molecule has 3 nitrogen and oxygen atoms in total. The van der Waals surface area contributed by atoms with Gasteiger partial charge in [0.15, 0.2) is 0 Å². The minimum atomic E-state index is -2.62. The van der Waals surface area contributed by atoms with Crippen molar-refractivity contribution in [2.45, 2.75) is 64.4 Å². The number of hydrogen-bond donors (Lipinski definition) is 0. The van der Waals surface area contributed by atoms with Gasteiger partial charge in [-0.25, -0.2) is 13.6 Å². The largest absolute Gasteiger partial charge is 0.443 e. The van der Waals surface area contributed by atoms with Gasteiger partial charge in [-0.1, -0.05) is 12.2 Å². The zero-order valence-corrected chi connectivity index (χ0v) is 12.9. The molecule has 0 N–H and O–H groups in total. The summed E-state index contributed by atoms with van der Waals surface area (Å²) in [6, 6.07) is 0. The summed E-state index contributed by atoms with van der Waals surface area (Å²) in [6.45, 7) is 6.03. The SMILES string of the molecule is CC(C)(C)OC(=O)N1CCCC=C1C1=CCC(F)(F)CC1. The van der Waals surface area contributed by atoms with Gasteiger partial charge in [0, 0.05) is 25.1 Å². The summed E-state index contributed by atoms with van der Waals surface area (Å²) in [6.07, 6.45) is 4.76. The molecule has 2 rings (SSSR count). The fraction of sp³-hybridized carbons (Fsp3) is 0.688. The van der Waals surface area contributed by atoms with Crippen LogP contribution >= 0.6 is 0 Å². The van der Waals surface area contributed by atoms with Gasteiger partial charge in [0.05, 0.1) is 0 Å². The lowest BCUT2D eigenvalue weighted by Crippen LogP contribution is -2.39. The van der Waals surface area contributed by atoms with Gasteiger partial charge in [-0.15, -0.1) is 0 Å². The third-order valence-corrected chi connectivity index (χ3v) is 3.56. The number of alkyl halides is 2. The van der Waals surface area contributed by atoms with Crippen LogP contribution in [0.4, 0.5) is 13.6 Å². The van der Waals surface area contributed by atoms with E-state index in [1.165, 1.54) is 0 Å². The third-order valence-electron chi connectivity index (χ3n) is 3.56. The number of allylic oxidation sites excluding steroid dienone is 3. The van der Waals surface area contributed by atoms with E-state index in [1.807, 2.05) is 26.8 Å². The first-order valence-corrected chi connectivity index (χ1v) is 7.46. The standard InChI is InChI=1S/C16H23F2NO2/c1-15(2,3)21-14(20)19-11-5-4-6-13(19)12-7-9-16(17,18)10-8-12/h6-7H,4-5,8-11H2,1-3H3. The molecule has 2 aliphatic rings. The van der Waals surface area contributed by atoms with Gasteiger partial charge >= 0.3 is 6.09 Å². The molecule has 0 fully saturated rings. The molecule has 1 amide bonds. The van der Waals surface area contributed by atoms with E-state index in [1.54, 1.807) is 11.0 Å². The van der Waals surface area contributed by atoms with Crippen molar-refractivity contribution in [2.24, 2.45) is 0 Å². The van der Waals surface area contributed by atoms with Crippen molar-refractivity contribution in [3.05, 3.63) is 23.4 Å². The van der Waals surface area contributed by atoms with Crippen LogP contribution in [0.3, 0.4) is 0 Å². The molecule has 1 heterocycles. The molecule has 0 bridgehead atoms. The van der Waals surface area contributed by atoms with Crippen molar-refractivity contribution in [1.29, 1.82) is 0 Å². The number of carbonyl (C=O) groups is 1. The Hall–Kier alpha value is -1.39. The molecule has 0 saturated heterocycles. The molecule has 5 heteroatoms. The molecule has 21 heavy (non-hydrogen) atoms. The molecule has 0 aromatic heterocycles. The molecule has 0 aromatic rings. The maximum Gasteiger partial charge on any atom is 0.414 e. The van der Waals surface area contributed by atoms with Crippen molar-refractivity contribution in [3.63, 3.8) is 0 Å². The fourth-order valence-electron chi connectivity index (χ4n) is 2.56. The van der Waals surface area contributed by atoms with Crippen molar-refractivity contribution in [3.8, 4) is 0 Å². The molecule has 0 unspecified atom stereocenters. The van der Waals surface area contributed by atoms with Gasteiger partial charge in [-0.2, -0.15) is 0 Å². The van der Waals surface area contributed by atoms with Crippen LogP contribution in [0, 0.1) is 0 Å². The number of hydrogen-bond acceptors (Lipinski definition) is 2. The Balaban J connectivity index is 2.15. The molecule has 118 valence electrons. The highest BCUT2D eigenvalue weighted by atomic mass is 19.3. The predicted octanol–water partition coefficient (Wildman–Crippen LogP) is 4.65. The van der Waals surface area contributed by atoms with Gasteiger partial charge in [-0.3, -0.25) is 4.90 Å². The second-order valence-corrected chi connectivity index (χ2v) is 6.65. The minimum Gasteiger partial charge on any atom is -0.443 e. The second-order valence-electron chi connectivity index (χ2n) is 6.65. The number of rotatable bonds is 1. The van der Waals surface area contributed by atoms with Gasteiger partial charge < -0.3 is 4.74 Å². The van der Waals surface area contributed by atoms with Crippen molar-refractivity contribution in [1.82, 2.24) is 4.90 Å². The molecule has 1 aliphatic heterocycles. The Labute approximate surface area is 124 Å². The minimum absolute atomic E-state index is 0.154. The fourth-order valence-corrected chi connectivity index (χ4v) is 2.56. The molecule has 1 aliphatic carbocycles. The summed E-state index contributed by atoms with van der Waals surface area (Å²) in [4.78, 5) is 13.9. The summed E-state index contributed by atoms with van der Waals surface area (Å²) < 4.78 is 31.9. The average Bonchev–Trinajstić information content (AvgIpc) is 2.37. The van der Waals surface area contributed by atoms with Crippen LogP contribution in [0.15, 0.2) is 23.4 Å². The molecule has 0 aromatic carbocycles. The number of nitrogens with zero attached hydrogens (tertiary/aromatic N) is 1. The predicted molar refractivity (Wildman–Crippen MR) is 77.1 cm³/mol. The Morgan fingerprint density at radius 2 is 2.05 bits per heavy atom. The second kappa shape index (κ2) is 5.78. The summed E-state index contributed by atoms with van der Waals surface area (Å²) in [7, 11) is 0. The summed E-state index contributed by atoms with van der Waals surface area (Å²) in [5.41, 5.74) is 1.03. The van der Waals surface area contributed by atoms with E-state index in [9.17, 15) is 13.6 Å². The Kier molecular flexibility index (Phi) is 4.40. The zero-order chi connectivity index (χ0) is 15.7. The van der Waals surface area contributed by atoms with Gasteiger partial charge in [0.1, 0.15) is 5.60 Å². The molecular formula is C16H23F2NO2. The van der Waals surface area contributed by atoms with E-state index in [0.717, 1.165) is 24.1 Å². The molecule has 0 saturated carbocycles. The van der Waals surface area contributed by atoms with E-state index in [0.29, 0.717) is 13.0 Å². The lowest BCUT2D eigenvalue weighted by molar-refractivity contribution is -0.00883. The van der Waals surface area contributed by atoms with Crippen molar-refractivity contribution >= 4 is 6.09 Å². The lowest BCUT2D eigenvalue weighted by atomic mass is 9.92. The molecule has 0 spiro atoms. The average molecular weight is 299 g/mol. The van der Waals surface area contributed by atoms with Gasteiger partial charge in [0.25, 0.3) is 5.92 Å². The van der Waals surface area contributed by atoms with E-state index < -0.39 is 17.6 Å². The number of carbonyl (C=O) groups excluding carboxylic acids is 1. The first-order valence-electron chi connectivity index (χ1n) is 7.46. The highest BCUT2D eigenvalue weighted by molar-refractivity contribution is 5.72. The first-order chi connectivity index (χ1) is 9.68. The van der Waals surface area contributed by atoms with Crippen LogP contribution in [-0.2, 0) is 4.74 Å². The van der Waals surface area contributed by atoms with Crippen molar-refractivity contribution in [2.75, 3.05) is 6.54 Å². The molecule has 0 atom stereocenters. The van der Waals surface area contributed by atoms with Crippen LogP contribution in [0.2, 0.25) is 0 Å². The normalized spacial score (nSPS) is 22.4. The van der Waals surface area contributed by atoms with E-state index in [-0.39, 0.29) is 12.8 Å². The van der Waals surface area contributed by atoms with Crippen molar-refractivity contribution < 1.29 is 18.3 Å². The third kappa shape index (κ3) is 4.29. The highest BCUT2D eigenvalue weighted by Crippen LogP contribution is 2.37. The maximum atomic E-state index is 13.3. The number of amides is 1. The highest BCUT2D eigenvalue weighted by Gasteiger charge is 2.34. The van der Waals surface area contributed by atoms with Gasteiger partial charge in [-0.05, 0) is 45.6 Å². The Morgan fingerprint density at radius 3 is 2.62 bits per heavy atom. The first kappa shape index (κ1) is 16.0. The number of halogens is 2. The van der Waals surface area contributed by atoms with Crippen LogP contribution in [-0.4, -0.2) is 29.1 Å². The smallest absolute Gasteiger partial charge is 0.414 e. The number of ether oxygens (including phenoxy) is 1. The Morgan fingerprint density at radius 1 is 1.33 bits per heavy atom. The summed E-state index contributed by atoms with van der Waals surface area (Å²) in [5, 5.41) is 0. The Bertz CT molecular complexity index is 475. The van der Waals surface area contributed by atoms with Crippen LogP contribution in [0.1, 0.15) is 52.9 Å². The van der Waals surface area contributed by atoms with Crippen LogP contribution < -0.4 is 0 Å². The van der Waals surface area contributed by atoms with E-state index >= 15 is 0 Å². The zero-order valence-electron chi connectivity index (χ0n) is 12.9. The molecule has 0 radical (unpaired) electrons. The van der Waals surface area contributed by atoms with Crippen LogP contribution in [0.5, 0.6) is 0 Å². The summed E-state index contributed by atoms with van der Waals surface area (Å²) in [5.74, 6) is -2.62. The topological polar surface area (TPSA) is 29.5 Å².